The molecule has 152 valence electrons. The molecule has 2 rings (SSSR count). The smallest absolute Gasteiger partial charge is 0.315 e. The number of carbonyl (C=O) groups is 2. The SMILES string of the molecule is CC(C)(C(=O)O)c1cc(CC(=O)C(C)(C)S(=O)(=O)CC2CCOCC2)on1. The summed E-state index contributed by atoms with van der Waals surface area (Å²) in [6, 6.07) is 1.40. The third-order valence-corrected chi connectivity index (χ3v) is 8.01. The molecule has 0 unspecified atom stereocenters. The number of aliphatic carboxylic acids is 1. The van der Waals surface area contributed by atoms with Gasteiger partial charge >= 0.3 is 5.97 Å². The van der Waals surface area contributed by atoms with Gasteiger partial charge in [-0.25, -0.2) is 8.42 Å². The minimum Gasteiger partial charge on any atom is -0.481 e. The molecule has 0 bridgehead atoms. The molecule has 27 heavy (non-hydrogen) atoms. The summed E-state index contributed by atoms with van der Waals surface area (Å²) < 4.78 is 34.4. The van der Waals surface area contributed by atoms with Crippen molar-refractivity contribution in [2.75, 3.05) is 19.0 Å². The first kappa shape index (κ1) is 21.6. The number of Topliss-reactive ketones (excluding diaryl/α,β-unsaturated/α-hetero) is 1. The molecule has 0 aliphatic carbocycles. The predicted molar refractivity (Wildman–Crippen MR) is 97.3 cm³/mol. The molecule has 0 radical (unpaired) electrons. The summed E-state index contributed by atoms with van der Waals surface area (Å²) in [5.41, 5.74) is -1.09. The summed E-state index contributed by atoms with van der Waals surface area (Å²) in [6.45, 7) is 6.83. The molecule has 0 saturated carbocycles. The highest BCUT2D eigenvalue weighted by molar-refractivity contribution is 7.93. The molecular weight excluding hydrogens is 374 g/mol. The second-order valence-corrected chi connectivity index (χ2v) is 10.6. The topological polar surface area (TPSA) is 124 Å². The Morgan fingerprint density at radius 3 is 2.37 bits per heavy atom. The lowest BCUT2D eigenvalue weighted by molar-refractivity contribution is -0.142. The minimum absolute atomic E-state index is 0.0101. The number of ether oxygens (including phenoxy) is 1. The van der Waals surface area contributed by atoms with Crippen LogP contribution in [-0.2, 0) is 36.0 Å². The summed E-state index contributed by atoms with van der Waals surface area (Å²) in [6.07, 6.45) is 1.07. The van der Waals surface area contributed by atoms with Crippen LogP contribution < -0.4 is 0 Å². The van der Waals surface area contributed by atoms with Crippen molar-refractivity contribution in [3.8, 4) is 0 Å². The first-order valence-corrected chi connectivity index (χ1v) is 10.6. The van der Waals surface area contributed by atoms with E-state index in [1.807, 2.05) is 0 Å². The second-order valence-electron chi connectivity index (χ2n) is 8.06. The fourth-order valence-corrected chi connectivity index (χ4v) is 4.57. The molecule has 0 atom stereocenters. The van der Waals surface area contributed by atoms with Crippen LogP contribution in [0.2, 0.25) is 0 Å². The number of nitrogens with zero attached hydrogens (tertiary/aromatic N) is 1. The molecule has 0 amide bonds. The summed E-state index contributed by atoms with van der Waals surface area (Å²) in [5.74, 6) is -1.50. The van der Waals surface area contributed by atoms with Crippen LogP contribution in [0.25, 0.3) is 0 Å². The largest absolute Gasteiger partial charge is 0.481 e. The molecule has 2 heterocycles. The van der Waals surface area contributed by atoms with E-state index in [1.165, 1.54) is 33.8 Å². The van der Waals surface area contributed by atoms with Crippen molar-refractivity contribution in [3.63, 3.8) is 0 Å². The van der Waals surface area contributed by atoms with Gasteiger partial charge in [-0.15, -0.1) is 0 Å². The van der Waals surface area contributed by atoms with Gasteiger partial charge in [0.2, 0.25) is 0 Å². The van der Waals surface area contributed by atoms with E-state index in [-0.39, 0.29) is 29.5 Å². The lowest BCUT2D eigenvalue weighted by atomic mass is 9.89. The Labute approximate surface area is 159 Å². The molecule has 1 aliphatic heterocycles. The molecule has 0 aromatic carbocycles. The number of sulfone groups is 1. The highest BCUT2D eigenvalue weighted by Crippen LogP contribution is 2.28. The minimum atomic E-state index is -3.68. The third kappa shape index (κ3) is 4.57. The number of hydrogen-bond acceptors (Lipinski definition) is 7. The third-order valence-electron chi connectivity index (χ3n) is 5.31. The Kier molecular flexibility index (Phi) is 6.16. The zero-order chi connectivity index (χ0) is 20.5. The molecule has 1 aromatic rings. The lowest BCUT2D eigenvalue weighted by Gasteiger charge is -2.28. The zero-order valence-corrected chi connectivity index (χ0v) is 17.0. The van der Waals surface area contributed by atoms with Crippen molar-refractivity contribution in [1.82, 2.24) is 5.16 Å². The molecule has 1 fully saturated rings. The maximum atomic E-state index is 12.8. The van der Waals surface area contributed by atoms with Crippen molar-refractivity contribution in [3.05, 3.63) is 17.5 Å². The van der Waals surface area contributed by atoms with Crippen LogP contribution in [0.4, 0.5) is 0 Å². The van der Waals surface area contributed by atoms with Gasteiger partial charge in [-0.05, 0) is 46.5 Å². The van der Waals surface area contributed by atoms with E-state index < -0.39 is 31.8 Å². The normalized spacial score (nSPS) is 17.0. The van der Waals surface area contributed by atoms with Gasteiger partial charge in [0.1, 0.15) is 21.6 Å². The van der Waals surface area contributed by atoms with Gasteiger partial charge < -0.3 is 14.4 Å². The van der Waals surface area contributed by atoms with E-state index in [9.17, 15) is 23.1 Å². The highest BCUT2D eigenvalue weighted by Gasteiger charge is 2.43. The summed E-state index contributed by atoms with van der Waals surface area (Å²) in [5, 5.41) is 13.0. The van der Waals surface area contributed by atoms with Crippen LogP contribution in [0.3, 0.4) is 0 Å². The second kappa shape index (κ2) is 7.71. The standard InChI is InChI=1S/C18H27NO7S/c1-17(2,16(21)22)14-9-13(26-19-14)10-15(20)18(3,4)27(23,24)11-12-5-7-25-8-6-12/h9,12H,5-8,10-11H2,1-4H3,(H,21,22). The van der Waals surface area contributed by atoms with E-state index in [0.717, 1.165) is 0 Å². The molecule has 1 aliphatic rings. The highest BCUT2D eigenvalue weighted by atomic mass is 32.2. The molecule has 8 nitrogen and oxygen atoms in total. The van der Waals surface area contributed by atoms with E-state index in [2.05, 4.69) is 5.16 Å². The summed E-state index contributed by atoms with van der Waals surface area (Å²) >= 11 is 0. The van der Waals surface area contributed by atoms with Gasteiger partial charge in [-0.1, -0.05) is 5.16 Å². The molecule has 1 saturated heterocycles. The fourth-order valence-electron chi connectivity index (χ4n) is 2.78. The number of carboxylic acid groups (broad SMARTS) is 1. The number of ketones is 1. The predicted octanol–water partition coefficient (Wildman–Crippen LogP) is 1.77. The Balaban J connectivity index is 2.11. The van der Waals surface area contributed by atoms with Gasteiger partial charge in [-0.3, -0.25) is 9.59 Å². The van der Waals surface area contributed by atoms with Gasteiger partial charge in [0.15, 0.2) is 15.6 Å². The molecular formula is C18H27NO7S. The maximum Gasteiger partial charge on any atom is 0.315 e. The molecule has 0 spiro atoms. The van der Waals surface area contributed by atoms with Crippen molar-refractivity contribution in [2.45, 2.75) is 57.1 Å². The maximum absolute atomic E-state index is 12.8. The number of aromatic nitrogens is 1. The number of rotatable bonds is 8. The van der Waals surface area contributed by atoms with Crippen molar-refractivity contribution >= 4 is 21.6 Å². The van der Waals surface area contributed by atoms with Gasteiger partial charge in [0.05, 0.1) is 12.2 Å². The number of hydrogen-bond donors (Lipinski definition) is 1. The van der Waals surface area contributed by atoms with Crippen LogP contribution in [0.15, 0.2) is 10.6 Å². The van der Waals surface area contributed by atoms with Gasteiger partial charge in [-0.2, -0.15) is 0 Å². The number of carbonyl (C=O) groups excluding carboxylic acids is 1. The first-order valence-electron chi connectivity index (χ1n) is 8.90. The first-order chi connectivity index (χ1) is 12.4. The van der Waals surface area contributed by atoms with E-state index in [0.29, 0.717) is 26.1 Å². The molecule has 1 aromatic heterocycles. The Morgan fingerprint density at radius 1 is 1.22 bits per heavy atom. The monoisotopic (exact) mass is 401 g/mol. The zero-order valence-electron chi connectivity index (χ0n) is 16.1. The molecule has 9 heteroatoms. The average Bonchev–Trinajstić information content (AvgIpc) is 3.04. The van der Waals surface area contributed by atoms with Crippen LogP contribution in [0.5, 0.6) is 0 Å². The number of carboxylic acids is 1. The van der Waals surface area contributed by atoms with Crippen LogP contribution in [0, 0.1) is 5.92 Å². The van der Waals surface area contributed by atoms with Gasteiger partial charge in [0.25, 0.3) is 0 Å². The quantitative estimate of drug-likeness (QED) is 0.699. The van der Waals surface area contributed by atoms with Crippen LogP contribution >= 0.6 is 0 Å². The van der Waals surface area contributed by atoms with E-state index in [1.54, 1.807) is 0 Å². The van der Waals surface area contributed by atoms with Crippen LogP contribution in [0.1, 0.15) is 52.0 Å². The molecule has 1 N–H and O–H groups in total. The van der Waals surface area contributed by atoms with Crippen LogP contribution in [-0.4, -0.2) is 54.1 Å². The Hall–Kier alpha value is -1.74. The summed E-state index contributed by atoms with van der Waals surface area (Å²) in [4.78, 5) is 24.0. The van der Waals surface area contributed by atoms with Crippen molar-refractivity contribution in [2.24, 2.45) is 5.92 Å². The Morgan fingerprint density at radius 2 is 1.81 bits per heavy atom. The van der Waals surface area contributed by atoms with E-state index >= 15 is 0 Å². The average molecular weight is 401 g/mol. The van der Waals surface area contributed by atoms with Gasteiger partial charge in [0, 0.05) is 19.3 Å². The van der Waals surface area contributed by atoms with E-state index in [4.69, 9.17) is 9.26 Å². The van der Waals surface area contributed by atoms with Crippen molar-refractivity contribution < 1.29 is 32.4 Å². The summed E-state index contributed by atoms with van der Waals surface area (Å²) in [7, 11) is -3.68. The lowest BCUT2D eigenvalue weighted by Crippen LogP contribution is -2.44. The van der Waals surface area contributed by atoms with Crippen molar-refractivity contribution in [1.29, 1.82) is 0 Å². The fraction of sp³-hybridized carbons (Fsp3) is 0.722. The Bertz CT molecular complexity index is 801.